The first-order valence-corrected chi connectivity index (χ1v) is 54.5. The van der Waals surface area contributed by atoms with Crippen LogP contribution in [-0.4, -0.2) is 272 Å². The lowest BCUT2D eigenvalue weighted by Gasteiger charge is -2.32. The fraction of sp³-hybridized carbons (Fsp3) is 0.550. The van der Waals surface area contributed by atoms with Crippen molar-refractivity contribution < 1.29 is 72.6 Å². The van der Waals surface area contributed by atoms with Gasteiger partial charge in [-0.1, -0.05) is 40.5 Å². The highest BCUT2D eigenvalue weighted by Crippen LogP contribution is 2.42. The Bertz CT molecular complexity index is 5080. The molecule has 0 saturated carbocycles. The lowest BCUT2D eigenvalue weighted by atomic mass is 10.1. The molecule has 0 atom stereocenters. The second kappa shape index (κ2) is 72.2. The predicted molar refractivity (Wildman–Crippen MR) is 634 cm³/mol. The number of halogens is 3. The minimum Gasteiger partial charge on any atom is -0.444 e. The second-order valence-electron chi connectivity index (χ2n) is 36.9. The molecule has 0 aliphatic carbocycles. The highest BCUT2D eigenvalue weighted by atomic mass is 127. The third-order valence-electron chi connectivity index (χ3n) is 19.7. The van der Waals surface area contributed by atoms with Crippen molar-refractivity contribution >= 4 is 234 Å². The number of nitrogens with two attached hydrogens (primary N) is 4. The molecule has 7 aromatic rings. The number of hydrazine groups is 1. The number of hydrogen-bond donors (Lipinski definition) is 7. The van der Waals surface area contributed by atoms with E-state index < -0.39 is 40.3 Å². The average Bonchev–Trinajstić information content (AvgIpc) is 1.81. The van der Waals surface area contributed by atoms with Gasteiger partial charge in [0.25, 0.3) is 17.1 Å². The number of thioether (sulfide) groups is 6. The Morgan fingerprint density at radius 3 is 1.03 bits per heavy atom. The Kier molecular flexibility index (Phi) is 70.1. The van der Waals surface area contributed by atoms with Gasteiger partial charge in [-0.05, 0) is 240 Å². The molecule has 5 aromatic carbocycles. The molecule has 0 bridgehead atoms. The number of carbonyl (C=O) groups excluding carboxylic acids is 5. The molecule has 7 heterocycles. The summed E-state index contributed by atoms with van der Waals surface area (Å²) in [4.78, 5) is 113. The van der Waals surface area contributed by atoms with Crippen molar-refractivity contribution in [3.05, 3.63) is 172 Å². The number of benzene rings is 5. The summed E-state index contributed by atoms with van der Waals surface area (Å²) >= 11 is 19.2. The first-order valence-electron chi connectivity index (χ1n) is 46.1. The lowest BCUT2D eigenvalue weighted by Crippen LogP contribution is -2.37. The summed E-state index contributed by atoms with van der Waals surface area (Å²) in [5.74, 6) is 13.6. The molecule has 5 aliphatic rings. The number of ether oxygens (including phenoxy) is 6. The zero-order valence-corrected chi connectivity index (χ0v) is 97.1. The zero-order chi connectivity index (χ0) is 106. The molecule has 0 radical (unpaired) electrons. The Morgan fingerprint density at radius 2 is 0.741 bits per heavy atom. The Balaban J connectivity index is -0.00000166. The van der Waals surface area contributed by atoms with Gasteiger partial charge in [-0.15, -0.1) is 141 Å². The van der Waals surface area contributed by atoms with E-state index in [-0.39, 0.29) is 114 Å². The quantitative estimate of drug-likeness (QED) is 0.00215. The largest absolute Gasteiger partial charge is 0.519 e. The van der Waals surface area contributed by atoms with Crippen LogP contribution >= 0.6 is 141 Å². The van der Waals surface area contributed by atoms with E-state index >= 15 is 0 Å². The summed E-state index contributed by atoms with van der Waals surface area (Å²) in [6.07, 6.45) is 4.23. The number of anilines is 6. The van der Waals surface area contributed by atoms with Crippen LogP contribution in [0.2, 0.25) is 0 Å². The molecule has 0 fully saturated rings. The summed E-state index contributed by atoms with van der Waals surface area (Å²) in [6, 6.07) is 35.8. The second-order valence-corrected chi connectivity index (χ2v) is 45.6. The predicted octanol–water partition coefficient (Wildman–Crippen LogP) is 23.8. The van der Waals surface area contributed by atoms with Crippen LogP contribution in [0.5, 0.6) is 0 Å². The minimum absolute atomic E-state index is 0. The van der Waals surface area contributed by atoms with Gasteiger partial charge in [-0.2, -0.15) is 0 Å². The number of thiophene rings is 2. The van der Waals surface area contributed by atoms with Gasteiger partial charge >= 0.3 is 30.6 Å². The fourth-order valence-corrected chi connectivity index (χ4v) is 20.8. The summed E-state index contributed by atoms with van der Waals surface area (Å²) in [7, 11) is 8.76. The van der Waals surface area contributed by atoms with Crippen molar-refractivity contribution in [3.8, 4) is 0 Å². The topological polar surface area (TPSA) is 491 Å². The zero-order valence-electron chi connectivity index (χ0n) is 86.6. The Hall–Kier alpha value is -8.40. The maximum atomic E-state index is 12.1. The molecule has 5 aliphatic heterocycles. The van der Waals surface area contributed by atoms with Crippen molar-refractivity contribution in [2.24, 2.45) is 17.4 Å². The van der Waals surface area contributed by atoms with Gasteiger partial charge in [0, 0.05) is 219 Å². The highest BCUT2D eigenvalue weighted by molar-refractivity contribution is 14.0. The van der Waals surface area contributed by atoms with E-state index in [0.29, 0.717) is 42.7 Å². The molecule has 0 spiro atoms. The van der Waals surface area contributed by atoms with E-state index in [1.165, 1.54) is 45.5 Å². The number of nitro groups is 3. The number of nitrogens with zero attached hydrogens (tertiary/aromatic N) is 11. The minimum atomic E-state index is -1.06. The van der Waals surface area contributed by atoms with Gasteiger partial charge < -0.3 is 95.3 Å². The Labute approximate surface area is 933 Å². The van der Waals surface area contributed by atoms with Crippen molar-refractivity contribution in [3.63, 3.8) is 0 Å². The van der Waals surface area contributed by atoms with Crippen molar-refractivity contribution in [2.45, 2.75) is 217 Å². The van der Waals surface area contributed by atoms with Crippen molar-refractivity contribution in [1.29, 1.82) is 10.8 Å². The molecular weight excluding hydrogens is 2200 g/mol. The molecule has 147 heavy (non-hydrogen) atoms. The van der Waals surface area contributed by atoms with Gasteiger partial charge in [-0.25, -0.2) is 24.0 Å². The third-order valence-corrected chi connectivity index (χ3v) is 27.6. The molecule has 36 nitrogen and oxygen atoms in total. The van der Waals surface area contributed by atoms with E-state index in [1.54, 1.807) is 172 Å². The van der Waals surface area contributed by atoms with Gasteiger partial charge in [-0.3, -0.25) is 47.4 Å². The number of nitrogen functional groups attached to an aromatic ring is 1. The van der Waals surface area contributed by atoms with Crippen molar-refractivity contribution in [1.82, 2.24) is 20.0 Å². The maximum absolute atomic E-state index is 12.1. The van der Waals surface area contributed by atoms with E-state index in [9.17, 15) is 54.3 Å². The first kappa shape index (κ1) is 143. The summed E-state index contributed by atoms with van der Waals surface area (Å²) < 4.78 is 29.9. The molecule has 0 unspecified atom stereocenters. The molecular formula is C100H163Cl2IN18O18S8. The van der Waals surface area contributed by atoms with E-state index in [0.717, 1.165) is 180 Å². The number of amides is 3. The summed E-state index contributed by atoms with van der Waals surface area (Å²) in [5, 5.41) is 55.9. The molecule has 47 heteroatoms. The van der Waals surface area contributed by atoms with Crippen LogP contribution in [0.4, 0.5) is 75.2 Å². The number of carbonyl (C=O) groups is 5. The van der Waals surface area contributed by atoms with Crippen LogP contribution in [0.3, 0.4) is 0 Å². The SMILES string of the molecule is C.C.C.CC(C)(C)OC(=O)OC(=O)OC(C)(C)C.CN.CN(CCCN1CCSc2cc(CC(=N)c3cccs3)ccc21)C(=O)OC(C)(C)C.CN(CCCN1CCSc2cc(N)ccc21)C(=O)OC(C)(C)C.CN(CCCN1CCSc2cc([N+](=O)[O-])ccc21)C(=O)OC(C)(C)C.CNCCCN1CCSc2cc([N+](=O)[O-])ccc21.CSC(=N)c1cccs1.Cl.I.NN.O.O=[N+]([O-])c1ccc2c(c1)SCCN2CCCCl. The maximum Gasteiger partial charge on any atom is 0.519 e. The van der Waals surface area contributed by atoms with Crippen molar-refractivity contribution in [2.75, 3.05) is 198 Å². The fourth-order valence-electron chi connectivity index (χ4n) is 13.4. The van der Waals surface area contributed by atoms with Gasteiger partial charge in [0.15, 0.2) is 0 Å². The van der Waals surface area contributed by atoms with Crippen LogP contribution < -0.4 is 53.0 Å². The third kappa shape index (κ3) is 54.9. The molecule has 3 amide bonds. The van der Waals surface area contributed by atoms with Gasteiger partial charge in [0.1, 0.15) is 33.0 Å². The monoisotopic (exact) mass is 2360 g/mol. The number of alkyl halides is 1. The highest BCUT2D eigenvalue weighted by Gasteiger charge is 2.30. The number of fused-ring (bicyclic) bond motifs is 5. The van der Waals surface area contributed by atoms with Gasteiger partial charge in [0.2, 0.25) is 0 Å². The number of nitrogens with one attached hydrogen (secondary N) is 3. The normalized spacial score (nSPS) is 12.7. The van der Waals surface area contributed by atoms with Gasteiger partial charge in [0.05, 0.1) is 53.8 Å². The average molecular weight is 2360 g/mol. The van der Waals surface area contributed by atoms with E-state index in [4.69, 9.17) is 51.8 Å². The molecule has 0 saturated heterocycles. The van der Waals surface area contributed by atoms with Crippen LogP contribution in [0.15, 0.2) is 150 Å². The van der Waals surface area contributed by atoms with Crippen LogP contribution in [0, 0.1) is 41.2 Å². The number of rotatable bonds is 26. The van der Waals surface area contributed by atoms with Crippen LogP contribution in [0.25, 0.3) is 0 Å². The number of non-ortho nitro benzene ring substituents is 3. The molecule has 2 aromatic heterocycles. The van der Waals surface area contributed by atoms with Crippen LogP contribution in [-0.2, 0) is 34.8 Å². The lowest BCUT2D eigenvalue weighted by molar-refractivity contribution is -0.385. The van der Waals surface area contributed by atoms with Crippen LogP contribution in [0.1, 0.15) is 174 Å². The number of hydrogen-bond acceptors (Lipinski definition) is 37. The summed E-state index contributed by atoms with van der Waals surface area (Å²) in [6.45, 7) is 39.3. The molecule has 830 valence electrons. The smallest absolute Gasteiger partial charge is 0.444 e. The Morgan fingerprint density at radius 1 is 0.456 bits per heavy atom. The standard InChI is InChI=1S/C23H31N3O2S2.C17H25N3O4S.C17H27N3O2S.C12H17N3O2S.C11H13ClN2O2S.C10H18O5.C6H7NS2.CH5N.3CH4.ClH.HI.H4N2.H2O/c1-23(2,3)28-22(27)25(4)10-6-11-26-12-14-30-21-16-17(8-9-19(21)26)15-18(24)20-7-5-13-29-20;1-17(2,3)24-16(21)18(4)8-5-9-19-10-11-25-15-12-13(20(22)23)6-7-14(15)19;1-17(2,3)22-16(21)19(4)8-5-9-20-10-11-23-15-12-13(18)6-7-14(15)20;1-13-5-2-6-14-7-8-18-12-9-10(15(16)17)3-4-11(12)14;12-4-1-5-13-6-7-17-11-8-9(14(15)16)2-3-10(11)13;1-9(2,3)14-7(11)13-8(12)15-10(4,5)6;1-8-6(7)5-3-2-4-9-5;1-2;;;;;;1-2;/h5,7-9,13,16,24H,6,10-12,14-15H2,1-4H3;6-7,12H,5,8-11H2,1-4H3;6-7,12H,5,8-11,18H2,1-4H3;3-4,9,13H,2,5-8H2,1H3;2-3,8H,1,4-7H2;1-6H3;2-4,7H,1H3;2H2,1H3;3*1H4;2*1H;1-2H2;1H2. The number of nitro benzene ring substituents is 3. The summed E-state index contributed by atoms with van der Waals surface area (Å²) in [5.41, 5.74) is 16.5. The first-order chi connectivity index (χ1) is 66.4. The molecule has 12 rings (SSSR count). The van der Waals surface area contributed by atoms with E-state index in [1.807, 2.05) is 164 Å². The molecule has 13 N–H and O–H groups in total. The van der Waals surface area contributed by atoms with E-state index in [2.05, 4.69) is 76.2 Å².